The third-order valence-corrected chi connectivity index (χ3v) is 4.08. The van der Waals surface area contributed by atoms with Gasteiger partial charge < -0.3 is 5.32 Å². The van der Waals surface area contributed by atoms with Gasteiger partial charge in [-0.15, -0.1) is 0 Å². The van der Waals surface area contributed by atoms with E-state index in [4.69, 9.17) is 11.6 Å². The van der Waals surface area contributed by atoms with Crippen molar-refractivity contribution in [3.63, 3.8) is 0 Å². The number of halogens is 3. The average Bonchev–Trinajstić information content (AvgIpc) is 2.30. The normalized spacial score (nSPS) is 11.4. The van der Waals surface area contributed by atoms with Crippen molar-refractivity contribution < 1.29 is 9.18 Å². The van der Waals surface area contributed by atoms with Crippen LogP contribution in [0.1, 0.15) is 24.2 Å². The molecule has 1 N–H and O–H groups in total. The van der Waals surface area contributed by atoms with Gasteiger partial charge in [0.1, 0.15) is 5.82 Å². The Hall–Kier alpha value is -0.610. The quantitative estimate of drug-likeness (QED) is 0.843. The highest BCUT2D eigenvalue weighted by atomic mass is 79.9. The number of rotatable bonds is 4. The summed E-state index contributed by atoms with van der Waals surface area (Å²) in [6.07, 6.45) is 0. The van der Waals surface area contributed by atoms with Crippen LogP contribution in [0.4, 0.5) is 4.39 Å². The maximum Gasteiger partial charge on any atom is 0.251 e. The molecule has 1 aromatic carbocycles. The number of benzene rings is 1. The van der Waals surface area contributed by atoms with Gasteiger partial charge in [-0.05, 0) is 23.6 Å². The van der Waals surface area contributed by atoms with E-state index in [1.54, 1.807) is 0 Å². The highest BCUT2D eigenvalue weighted by Crippen LogP contribution is 2.18. The van der Waals surface area contributed by atoms with E-state index in [1.807, 2.05) is 13.8 Å². The number of nitrogens with one attached hydrogen (secondary N) is 1. The zero-order valence-electron chi connectivity index (χ0n) is 9.69. The van der Waals surface area contributed by atoms with E-state index in [0.29, 0.717) is 12.1 Å². The van der Waals surface area contributed by atoms with Gasteiger partial charge >= 0.3 is 0 Å². The molecule has 1 aromatic rings. The Bertz CT molecular complexity index is 423. The maximum absolute atomic E-state index is 12.9. The SMILES string of the molecule is CC(C)(CBr)CNC(=O)c1ccc(F)c(Cl)c1. The van der Waals surface area contributed by atoms with Crippen LogP contribution in [0.2, 0.25) is 5.02 Å². The predicted octanol–water partition coefficient (Wildman–Crippen LogP) is 3.63. The lowest BCUT2D eigenvalue weighted by Crippen LogP contribution is -2.34. The molecular formula is C12H14BrClFNO. The molecule has 1 rings (SSSR count). The van der Waals surface area contributed by atoms with Crippen LogP contribution in [0.3, 0.4) is 0 Å². The zero-order valence-corrected chi connectivity index (χ0v) is 12.0. The zero-order chi connectivity index (χ0) is 13.1. The summed E-state index contributed by atoms with van der Waals surface area (Å²) in [6, 6.07) is 3.93. The summed E-state index contributed by atoms with van der Waals surface area (Å²) in [7, 11) is 0. The van der Waals surface area contributed by atoms with Gasteiger partial charge in [0, 0.05) is 17.4 Å². The number of carbonyl (C=O) groups is 1. The fourth-order valence-corrected chi connectivity index (χ4v) is 1.49. The molecule has 0 aliphatic carbocycles. The Morgan fingerprint density at radius 3 is 2.71 bits per heavy atom. The molecule has 0 heterocycles. The van der Waals surface area contributed by atoms with Crippen molar-refractivity contribution in [3.8, 4) is 0 Å². The largest absolute Gasteiger partial charge is 0.351 e. The average molecular weight is 323 g/mol. The van der Waals surface area contributed by atoms with Gasteiger partial charge in [0.2, 0.25) is 0 Å². The lowest BCUT2D eigenvalue weighted by atomic mass is 9.97. The van der Waals surface area contributed by atoms with Gasteiger partial charge in [-0.3, -0.25) is 4.79 Å². The molecule has 0 fully saturated rings. The monoisotopic (exact) mass is 321 g/mol. The Kier molecular flexibility index (Phi) is 4.95. The van der Waals surface area contributed by atoms with E-state index in [2.05, 4.69) is 21.2 Å². The van der Waals surface area contributed by atoms with Crippen LogP contribution in [0, 0.1) is 11.2 Å². The smallest absolute Gasteiger partial charge is 0.251 e. The van der Waals surface area contributed by atoms with Crippen LogP contribution >= 0.6 is 27.5 Å². The Balaban J connectivity index is 2.68. The first-order valence-electron chi connectivity index (χ1n) is 5.15. The minimum Gasteiger partial charge on any atom is -0.351 e. The summed E-state index contributed by atoms with van der Waals surface area (Å²) in [5.41, 5.74) is 0.334. The van der Waals surface area contributed by atoms with Crippen LogP contribution in [0.5, 0.6) is 0 Å². The second-order valence-electron chi connectivity index (χ2n) is 4.61. The molecule has 0 saturated heterocycles. The molecule has 0 aliphatic rings. The van der Waals surface area contributed by atoms with Gasteiger partial charge in [-0.2, -0.15) is 0 Å². The molecule has 0 atom stereocenters. The number of carbonyl (C=O) groups excluding carboxylic acids is 1. The van der Waals surface area contributed by atoms with Gasteiger partial charge in [0.25, 0.3) is 5.91 Å². The van der Waals surface area contributed by atoms with E-state index < -0.39 is 5.82 Å². The Morgan fingerprint density at radius 2 is 2.18 bits per heavy atom. The second kappa shape index (κ2) is 5.83. The molecule has 0 unspecified atom stereocenters. The molecule has 0 aliphatic heterocycles. The molecule has 5 heteroatoms. The topological polar surface area (TPSA) is 29.1 Å². The van der Waals surface area contributed by atoms with Crippen molar-refractivity contribution in [1.29, 1.82) is 0 Å². The van der Waals surface area contributed by atoms with E-state index in [-0.39, 0.29) is 16.3 Å². The molecule has 94 valence electrons. The minimum absolute atomic E-state index is 0.0283. The molecule has 2 nitrogen and oxygen atoms in total. The van der Waals surface area contributed by atoms with Crippen molar-refractivity contribution >= 4 is 33.4 Å². The van der Waals surface area contributed by atoms with Gasteiger partial charge in [-0.1, -0.05) is 41.4 Å². The van der Waals surface area contributed by atoms with Gasteiger partial charge in [0.05, 0.1) is 5.02 Å². The lowest BCUT2D eigenvalue weighted by Gasteiger charge is -2.21. The van der Waals surface area contributed by atoms with Crippen molar-refractivity contribution in [3.05, 3.63) is 34.6 Å². The summed E-state index contributed by atoms with van der Waals surface area (Å²) < 4.78 is 12.9. The first-order chi connectivity index (χ1) is 7.85. The highest BCUT2D eigenvalue weighted by molar-refractivity contribution is 9.09. The van der Waals surface area contributed by atoms with Crippen molar-refractivity contribution in [1.82, 2.24) is 5.32 Å². The second-order valence-corrected chi connectivity index (χ2v) is 5.58. The number of alkyl halides is 1. The van der Waals surface area contributed by atoms with Crippen molar-refractivity contribution in [2.24, 2.45) is 5.41 Å². The molecular weight excluding hydrogens is 308 g/mol. The summed E-state index contributed by atoms with van der Waals surface area (Å²) in [6.45, 7) is 4.59. The van der Waals surface area contributed by atoms with Crippen LogP contribution in [0.25, 0.3) is 0 Å². The fraction of sp³-hybridized carbons (Fsp3) is 0.417. The lowest BCUT2D eigenvalue weighted by molar-refractivity contribution is 0.0940. The standard InChI is InChI=1S/C12H14BrClFNO/c1-12(2,6-13)7-16-11(17)8-3-4-10(15)9(14)5-8/h3-5H,6-7H2,1-2H3,(H,16,17). The molecule has 1 amide bonds. The summed E-state index contributed by atoms with van der Waals surface area (Å²) in [4.78, 5) is 11.8. The fourth-order valence-electron chi connectivity index (χ4n) is 1.11. The first kappa shape index (κ1) is 14.5. The third-order valence-electron chi connectivity index (χ3n) is 2.27. The minimum atomic E-state index is -0.524. The van der Waals surface area contributed by atoms with Crippen LogP contribution in [0.15, 0.2) is 18.2 Å². The van der Waals surface area contributed by atoms with Crippen molar-refractivity contribution in [2.45, 2.75) is 13.8 Å². The van der Waals surface area contributed by atoms with Gasteiger partial charge in [-0.25, -0.2) is 4.39 Å². The Labute approximate surface area is 114 Å². The van der Waals surface area contributed by atoms with E-state index in [0.717, 1.165) is 5.33 Å². The van der Waals surface area contributed by atoms with Crippen LogP contribution in [-0.2, 0) is 0 Å². The predicted molar refractivity (Wildman–Crippen MR) is 71.3 cm³/mol. The number of hydrogen-bond acceptors (Lipinski definition) is 1. The van der Waals surface area contributed by atoms with Gasteiger partial charge in [0.15, 0.2) is 0 Å². The number of hydrogen-bond donors (Lipinski definition) is 1. The molecule has 0 bridgehead atoms. The van der Waals surface area contributed by atoms with E-state index in [1.165, 1.54) is 18.2 Å². The van der Waals surface area contributed by atoms with E-state index >= 15 is 0 Å². The molecule has 0 aromatic heterocycles. The third kappa shape index (κ3) is 4.28. The molecule has 0 saturated carbocycles. The first-order valence-corrected chi connectivity index (χ1v) is 6.65. The van der Waals surface area contributed by atoms with Crippen LogP contribution in [-0.4, -0.2) is 17.8 Å². The van der Waals surface area contributed by atoms with E-state index in [9.17, 15) is 9.18 Å². The molecule has 0 radical (unpaired) electrons. The molecule has 17 heavy (non-hydrogen) atoms. The summed E-state index contributed by atoms with van der Waals surface area (Å²) in [5, 5.41) is 3.52. The Morgan fingerprint density at radius 1 is 1.53 bits per heavy atom. The number of amides is 1. The maximum atomic E-state index is 12.9. The highest BCUT2D eigenvalue weighted by Gasteiger charge is 2.17. The van der Waals surface area contributed by atoms with Crippen molar-refractivity contribution in [2.75, 3.05) is 11.9 Å². The molecule has 0 spiro atoms. The summed E-state index contributed by atoms with van der Waals surface area (Å²) in [5.74, 6) is -0.773. The summed E-state index contributed by atoms with van der Waals surface area (Å²) >= 11 is 8.99. The van der Waals surface area contributed by atoms with Crippen LogP contribution < -0.4 is 5.32 Å².